The number of aliphatic carboxylic acids is 1. The summed E-state index contributed by atoms with van der Waals surface area (Å²) in [5.74, 6) is -7.48. The van der Waals surface area contributed by atoms with Crippen LogP contribution in [0.4, 0.5) is 77.9 Å². The minimum Gasteiger partial charge on any atom is -0.491 e. The average Bonchev–Trinajstić information content (AvgIpc) is 0.798. The number of amides is 3. The van der Waals surface area contributed by atoms with E-state index in [4.69, 9.17) is 88.8 Å². The molecule has 6 heterocycles. The Morgan fingerprint density at radius 3 is 1.00 bits per heavy atom. The standard InChI is InChI=1S/3C24H24ClF2N5O3.C7H14O6/c3*1-15(26)24(33)31-21-12-17-20(13-22(21)35-8-2-5-32-6-9-34-10-7-32)28-14-29-23(17)30-16-3-4-19(27)18(25)11-16;1-2-3(8)4(9)5(10)6(11)7(12)13/h3*3-4,11-14H,1-2,5-10H2,(H,31,33)(H,28,29,30);3-6,8-11H,2H2,1H3,(H,12,13)/t;;;3-,4-,5+,6-/m...1/s1. The molecule has 0 saturated carbocycles. The van der Waals surface area contributed by atoms with E-state index in [2.05, 4.69) is 96.2 Å². The lowest BCUT2D eigenvalue weighted by Crippen LogP contribution is -2.47. The van der Waals surface area contributed by atoms with Crippen LogP contribution in [0.2, 0.25) is 15.1 Å². The van der Waals surface area contributed by atoms with Gasteiger partial charge in [0.05, 0.1) is 114 Å². The van der Waals surface area contributed by atoms with Gasteiger partial charge in [0.25, 0.3) is 17.7 Å². The Bertz CT molecular complexity index is 4550. The molecule has 0 aliphatic carbocycles. The molecule has 3 amide bonds. The second-order valence-electron chi connectivity index (χ2n) is 26.3. The van der Waals surface area contributed by atoms with Gasteiger partial charge in [0.1, 0.15) is 83.3 Å². The molecule has 118 heavy (non-hydrogen) atoms. The quantitative estimate of drug-likeness (QED) is 0.0106. The van der Waals surface area contributed by atoms with E-state index in [0.717, 1.165) is 118 Å². The fourth-order valence-corrected chi connectivity index (χ4v) is 12.1. The maximum absolute atomic E-state index is 13.5. The molecule has 3 saturated heterocycles. The van der Waals surface area contributed by atoms with Crippen LogP contribution in [-0.2, 0) is 33.4 Å². The molecule has 0 spiro atoms. The number of anilines is 9. The minimum atomic E-state index is -2.09. The maximum Gasteiger partial charge on any atom is 0.335 e. The number of carboxylic acids is 1. The summed E-state index contributed by atoms with van der Waals surface area (Å²) in [7, 11) is 0. The van der Waals surface area contributed by atoms with Crippen LogP contribution < -0.4 is 46.1 Å². The number of carbonyl (C=O) groups is 4. The van der Waals surface area contributed by atoms with Gasteiger partial charge in [0.15, 0.2) is 23.6 Å². The van der Waals surface area contributed by atoms with Crippen LogP contribution in [0.25, 0.3) is 32.7 Å². The van der Waals surface area contributed by atoms with Crippen molar-refractivity contribution in [1.29, 1.82) is 0 Å². The number of ether oxygens (including phenoxy) is 6. The first-order chi connectivity index (χ1) is 56.6. The lowest BCUT2D eigenvalue weighted by molar-refractivity contribution is -0.162. The molecule has 12 rings (SSSR count). The Labute approximate surface area is 687 Å². The van der Waals surface area contributed by atoms with Crippen molar-refractivity contribution in [3.8, 4) is 17.2 Å². The first-order valence-electron chi connectivity index (χ1n) is 36.9. The molecule has 4 atom stereocenters. The number of carboxylic acid groups (broad SMARTS) is 1. The number of rotatable bonds is 32. The summed E-state index contributed by atoms with van der Waals surface area (Å²) >= 11 is 17.6. The molecule has 3 aliphatic heterocycles. The van der Waals surface area contributed by atoms with Crippen molar-refractivity contribution >= 4 is 143 Å². The summed E-state index contributed by atoms with van der Waals surface area (Å²) in [6.07, 6.45) is -0.373. The van der Waals surface area contributed by atoms with Crippen molar-refractivity contribution in [1.82, 2.24) is 44.6 Å². The third-order valence-electron chi connectivity index (χ3n) is 17.9. The smallest absolute Gasteiger partial charge is 0.335 e. The molecule has 3 fully saturated rings. The largest absolute Gasteiger partial charge is 0.491 e. The third kappa shape index (κ3) is 27.2. The zero-order valence-corrected chi connectivity index (χ0v) is 65.9. The van der Waals surface area contributed by atoms with E-state index < -0.39 is 83.0 Å². The Balaban J connectivity index is 0.000000187. The average molecular weight is 1710 g/mol. The molecule has 6 aromatic carbocycles. The summed E-state index contributed by atoms with van der Waals surface area (Å²) in [6.45, 7) is 23.9. The van der Waals surface area contributed by atoms with E-state index in [1.807, 2.05) is 0 Å². The number of nitrogens with one attached hydrogen (secondary N) is 6. The van der Waals surface area contributed by atoms with Crippen LogP contribution in [0.3, 0.4) is 0 Å². The predicted molar refractivity (Wildman–Crippen MR) is 433 cm³/mol. The molecular weight excluding hydrogens is 1620 g/mol. The molecule has 3 aromatic heterocycles. The number of aromatic nitrogens is 6. The van der Waals surface area contributed by atoms with Crippen molar-refractivity contribution in [3.63, 3.8) is 0 Å². The van der Waals surface area contributed by atoms with Crippen LogP contribution >= 0.6 is 34.8 Å². The van der Waals surface area contributed by atoms with Crippen molar-refractivity contribution in [2.75, 3.05) is 150 Å². The summed E-state index contributed by atoms with van der Waals surface area (Å²) in [5.41, 5.74) is 3.79. The topological polar surface area (TPSA) is 384 Å². The molecule has 630 valence electrons. The van der Waals surface area contributed by atoms with E-state index in [1.165, 1.54) is 73.6 Å². The fraction of sp³-hybridized carbons (Fsp3) is 0.342. The van der Waals surface area contributed by atoms with E-state index >= 15 is 0 Å². The highest BCUT2D eigenvalue weighted by atomic mass is 35.5. The van der Waals surface area contributed by atoms with Gasteiger partial charge >= 0.3 is 5.97 Å². The number of benzene rings is 6. The summed E-state index contributed by atoms with van der Waals surface area (Å²) in [6, 6.07) is 22.2. The van der Waals surface area contributed by atoms with E-state index in [1.54, 1.807) is 43.3 Å². The SMILES string of the molecule is C=C(F)C(=O)Nc1cc2c(Nc3ccc(F)c(Cl)c3)ncnc2cc1OCCCN1CCOCC1.C=C(F)C(=O)Nc1cc2c(Nc3ccc(F)c(Cl)c3)ncnc2cc1OCCCN1CCOCC1.C=C(F)C(=O)Nc1cc2c(Nc3ccc(F)c(Cl)c3)ncnc2cc1OCCCN1CCOCC1.CC[C@@H](O)[C@@H](O)[C@H](O)[C@@H](O)C(=O)O. The number of aliphatic hydroxyl groups excluding tert-OH is 4. The van der Waals surface area contributed by atoms with Gasteiger partial charge in [0.2, 0.25) is 0 Å². The van der Waals surface area contributed by atoms with E-state index in [0.29, 0.717) is 104 Å². The number of morpholine rings is 3. The zero-order valence-electron chi connectivity index (χ0n) is 63.6. The highest BCUT2D eigenvalue weighted by molar-refractivity contribution is 6.31. The van der Waals surface area contributed by atoms with E-state index in [-0.39, 0.29) is 38.6 Å². The van der Waals surface area contributed by atoms with Gasteiger partial charge < -0.3 is 85.9 Å². The number of aliphatic hydroxyl groups is 4. The molecule has 39 heteroatoms. The molecule has 0 radical (unpaired) electrons. The van der Waals surface area contributed by atoms with Gasteiger partial charge in [-0.15, -0.1) is 0 Å². The first-order valence-corrected chi connectivity index (χ1v) is 38.0. The first kappa shape index (κ1) is 91.2. The molecule has 11 N–H and O–H groups in total. The number of fused-ring (bicyclic) bond motifs is 3. The predicted octanol–water partition coefficient (Wildman–Crippen LogP) is 12.0. The molecule has 9 aromatic rings. The highest BCUT2D eigenvalue weighted by Gasteiger charge is 2.34. The normalized spacial score (nSPS) is 14.7. The maximum atomic E-state index is 13.5. The van der Waals surface area contributed by atoms with Crippen molar-refractivity contribution in [2.45, 2.75) is 57.0 Å². The van der Waals surface area contributed by atoms with Gasteiger partial charge in [-0.1, -0.05) is 61.5 Å². The summed E-state index contributed by atoms with van der Waals surface area (Å²) in [5, 5.41) is 62.2. The second kappa shape index (κ2) is 45.3. The molecule has 0 unspecified atom stereocenters. The number of hydrogen-bond acceptors (Lipinski definition) is 26. The van der Waals surface area contributed by atoms with Crippen LogP contribution in [0.15, 0.2) is 147 Å². The Morgan fingerprint density at radius 1 is 0.458 bits per heavy atom. The minimum absolute atomic E-state index is 0.0458. The Kier molecular flexibility index (Phi) is 35.0. The Morgan fingerprint density at radius 2 is 0.746 bits per heavy atom. The molecule has 30 nitrogen and oxygen atoms in total. The van der Waals surface area contributed by atoms with Crippen LogP contribution in [0, 0.1) is 17.5 Å². The van der Waals surface area contributed by atoms with Crippen molar-refractivity contribution < 1.29 is 99.5 Å². The van der Waals surface area contributed by atoms with Crippen molar-refractivity contribution in [2.24, 2.45) is 0 Å². The molecule has 0 bridgehead atoms. The zero-order chi connectivity index (χ0) is 85.0. The van der Waals surface area contributed by atoms with Crippen LogP contribution in [0.1, 0.15) is 32.6 Å². The lowest BCUT2D eigenvalue weighted by atomic mass is 10.0. The van der Waals surface area contributed by atoms with Gasteiger partial charge in [-0.2, -0.15) is 0 Å². The summed E-state index contributed by atoms with van der Waals surface area (Å²) < 4.78 is 115. The number of halogens is 9. The Hall–Kier alpha value is -10.7. The summed E-state index contributed by atoms with van der Waals surface area (Å²) in [4.78, 5) is 78.7. The number of nitrogens with zero attached hydrogens (tertiary/aromatic N) is 9. The van der Waals surface area contributed by atoms with Gasteiger partial charge in [-0.05, 0) is 98.5 Å². The highest BCUT2D eigenvalue weighted by Crippen LogP contribution is 2.38. The van der Waals surface area contributed by atoms with Crippen LogP contribution in [-0.4, -0.2) is 237 Å². The monoisotopic (exact) mass is 1700 g/mol. The molecule has 3 aliphatic rings. The third-order valence-corrected chi connectivity index (χ3v) is 18.8. The van der Waals surface area contributed by atoms with Gasteiger partial charge in [0, 0.05) is 110 Å². The van der Waals surface area contributed by atoms with Crippen LogP contribution in [0.5, 0.6) is 17.2 Å². The second-order valence-corrected chi connectivity index (χ2v) is 27.5. The molecular formula is C79H86Cl3F6N15O15. The number of hydrogen-bond donors (Lipinski definition) is 11. The number of carbonyl (C=O) groups excluding carboxylic acids is 3. The van der Waals surface area contributed by atoms with E-state index in [9.17, 15) is 45.5 Å². The van der Waals surface area contributed by atoms with Gasteiger partial charge in [-0.3, -0.25) is 29.1 Å². The lowest BCUT2D eigenvalue weighted by Gasteiger charge is -2.26. The van der Waals surface area contributed by atoms with Gasteiger partial charge in [-0.25, -0.2) is 61.0 Å². The fourth-order valence-electron chi connectivity index (χ4n) is 11.6. The van der Waals surface area contributed by atoms with Crippen molar-refractivity contribution in [3.05, 3.63) is 180 Å².